The maximum absolute atomic E-state index is 5.45. The number of nitrogens with zero attached hydrogens (tertiary/aromatic N) is 3. The first-order valence-electron chi connectivity index (χ1n) is 6.16. The molecule has 0 aromatic carbocycles. The molecular weight excluding hydrogens is 232 g/mol. The van der Waals surface area contributed by atoms with Crippen LogP contribution in [0.1, 0.15) is 26.7 Å². The molecule has 0 saturated carbocycles. The average Bonchev–Trinajstić information content (AvgIpc) is 2.35. The van der Waals surface area contributed by atoms with E-state index in [-0.39, 0.29) is 12.0 Å². The SMILES string of the molecule is C=CCCCOc1nc(NCC)nc(OCC)n1. The minimum absolute atomic E-state index is 0.280. The third-order valence-electron chi connectivity index (χ3n) is 1.99. The number of hydrogen-bond acceptors (Lipinski definition) is 6. The fourth-order valence-electron chi connectivity index (χ4n) is 1.22. The molecule has 1 heterocycles. The summed E-state index contributed by atoms with van der Waals surface area (Å²) in [5, 5.41) is 3.01. The lowest BCUT2D eigenvalue weighted by Crippen LogP contribution is -2.09. The van der Waals surface area contributed by atoms with Crippen LogP contribution in [0.25, 0.3) is 0 Å². The Morgan fingerprint density at radius 2 is 1.89 bits per heavy atom. The summed E-state index contributed by atoms with van der Waals surface area (Å²) < 4.78 is 10.7. The molecule has 0 saturated heterocycles. The Morgan fingerprint density at radius 1 is 1.17 bits per heavy atom. The van der Waals surface area contributed by atoms with Gasteiger partial charge in [-0.15, -0.1) is 11.6 Å². The van der Waals surface area contributed by atoms with Crippen molar-refractivity contribution in [2.45, 2.75) is 26.7 Å². The van der Waals surface area contributed by atoms with E-state index in [4.69, 9.17) is 9.47 Å². The summed E-state index contributed by atoms with van der Waals surface area (Å²) in [5.74, 6) is 0.467. The quantitative estimate of drug-likeness (QED) is 0.536. The zero-order valence-electron chi connectivity index (χ0n) is 11.0. The normalized spacial score (nSPS) is 9.89. The molecule has 0 unspecified atom stereocenters. The molecule has 1 rings (SSSR count). The number of hydrogen-bond donors (Lipinski definition) is 1. The monoisotopic (exact) mass is 252 g/mol. The molecule has 0 radical (unpaired) electrons. The maximum atomic E-state index is 5.45. The Kier molecular flexibility index (Phi) is 6.53. The van der Waals surface area contributed by atoms with Crippen molar-refractivity contribution in [1.82, 2.24) is 15.0 Å². The summed E-state index contributed by atoms with van der Waals surface area (Å²) in [5.41, 5.74) is 0. The van der Waals surface area contributed by atoms with Gasteiger partial charge in [0.1, 0.15) is 0 Å². The van der Waals surface area contributed by atoms with Gasteiger partial charge < -0.3 is 14.8 Å². The van der Waals surface area contributed by atoms with Crippen molar-refractivity contribution in [3.05, 3.63) is 12.7 Å². The molecule has 1 aromatic rings. The molecule has 0 aliphatic rings. The first-order chi connectivity index (χ1) is 8.80. The zero-order valence-corrected chi connectivity index (χ0v) is 11.0. The van der Waals surface area contributed by atoms with E-state index in [1.807, 2.05) is 19.9 Å². The number of anilines is 1. The van der Waals surface area contributed by atoms with E-state index in [0.29, 0.717) is 19.2 Å². The molecule has 6 nitrogen and oxygen atoms in total. The van der Waals surface area contributed by atoms with Crippen molar-refractivity contribution in [2.75, 3.05) is 25.1 Å². The summed E-state index contributed by atoms with van der Waals surface area (Å²) in [6.07, 6.45) is 3.64. The lowest BCUT2D eigenvalue weighted by Gasteiger charge is -2.08. The number of allylic oxidation sites excluding steroid dienone is 1. The highest BCUT2D eigenvalue weighted by Gasteiger charge is 2.07. The largest absolute Gasteiger partial charge is 0.464 e. The van der Waals surface area contributed by atoms with E-state index in [9.17, 15) is 0 Å². The highest BCUT2D eigenvalue weighted by atomic mass is 16.5. The Morgan fingerprint density at radius 3 is 2.50 bits per heavy atom. The van der Waals surface area contributed by atoms with E-state index < -0.39 is 0 Å². The van der Waals surface area contributed by atoms with Gasteiger partial charge in [-0.1, -0.05) is 6.08 Å². The molecular formula is C12H20N4O2. The Labute approximate surface area is 107 Å². The molecule has 0 aliphatic heterocycles. The van der Waals surface area contributed by atoms with Crippen LogP contribution in [-0.2, 0) is 0 Å². The molecule has 18 heavy (non-hydrogen) atoms. The van der Waals surface area contributed by atoms with E-state index in [1.54, 1.807) is 0 Å². The van der Waals surface area contributed by atoms with Crippen molar-refractivity contribution in [2.24, 2.45) is 0 Å². The zero-order chi connectivity index (χ0) is 13.2. The van der Waals surface area contributed by atoms with Crippen LogP contribution in [0, 0.1) is 0 Å². The Hall–Kier alpha value is -1.85. The van der Waals surface area contributed by atoms with Crippen molar-refractivity contribution in [3.63, 3.8) is 0 Å². The number of unbranched alkanes of at least 4 members (excludes halogenated alkanes) is 1. The predicted molar refractivity (Wildman–Crippen MR) is 70.1 cm³/mol. The molecule has 0 amide bonds. The van der Waals surface area contributed by atoms with Crippen molar-refractivity contribution < 1.29 is 9.47 Å². The smallest absolute Gasteiger partial charge is 0.324 e. The molecule has 0 aliphatic carbocycles. The third-order valence-corrected chi connectivity index (χ3v) is 1.99. The van der Waals surface area contributed by atoms with Gasteiger partial charge in [0.25, 0.3) is 0 Å². The summed E-state index contributed by atoms with van der Waals surface area (Å²) in [7, 11) is 0. The second kappa shape index (κ2) is 8.27. The summed E-state index contributed by atoms with van der Waals surface area (Å²) in [6.45, 7) is 9.28. The van der Waals surface area contributed by atoms with Crippen molar-refractivity contribution in [3.8, 4) is 12.0 Å². The summed E-state index contributed by atoms with van der Waals surface area (Å²) in [4.78, 5) is 12.3. The van der Waals surface area contributed by atoms with E-state index in [1.165, 1.54) is 0 Å². The second-order valence-electron chi connectivity index (χ2n) is 3.47. The van der Waals surface area contributed by atoms with Crippen LogP contribution in [0.15, 0.2) is 12.7 Å². The van der Waals surface area contributed by atoms with Crippen LogP contribution in [0.5, 0.6) is 12.0 Å². The molecule has 0 bridgehead atoms. The fourth-order valence-corrected chi connectivity index (χ4v) is 1.22. The van der Waals surface area contributed by atoms with Gasteiger partial charge in [-0.2, -0.15) is 9.97 Å². The average molecular weight is 252 g/mol. The maximum Gasteiger partial charge on any atom is 0.324 e. The second-order valence-corrected chi connectivity index (χ2v) is 3.47. The lowest BCUT2D eigenvalue weighted by molar-refractivity contribution is 0.267. The van der Waals surface area contributed by atoms with Crippen LogP contribution < -0.4 is 14.8 Å². The van der Waals surface area contributed by atoms with E-state index in [0.717, 1.165) is 19.4 Å². The summed E-state index contributed by atoms with van der Waals surface area (Å²) >= 11 is 0. The highest BCUT2D eigenvalue weighted by molar-refractivity contribution is 5.27. The van der Waals surface area contributed by atoms with Gasteiger partial charge in [0.2, 0.25) is 5.95 Å². The minimum atomic E-state index is 0.280. The summed E-state index contributed by atoms with van der Waals surface area (Å²) in [6, 6.07) is 0.565. The number of ether oxygens (including phenoxy) is 2. The van der Waals surface area contributed by atoms with Crippen molar-refractivity contribution >= 4 is 5.95 Å². The molecule has 1 aromatic heterocycles. The molecule has 1 N–H and O–H groups in total. The molecule has 0 fully saturated rings. The Bertz CT molecular complexity index is 347. The molecule has 100 valence electrons. The molecule has 6 heteroatoms. The van der Waals surface area contributed by atoms with Crippen LogP contribution in [0.2, 0.25) is 0 Å². The fraction of sp³-hybridized carbons (Fsp3) is 0.583. The van der Waals surface area contributed by atoms with Gasteiger partial charge >= 0.3 is 12.0 Å². The van der Waals surface area contributed by atoms with Gasteiger partial charge in [0.05, 0.1) is 13.2 Å². The van der Waals surface area contributed by atoms with Gasteiger partial charge in [-0.05, 0) is 26.7 Å². The van der Waals surface area contributed by atoms with E-state index >= 15 is 0 Å². The topological polar surface area (TPSA) is 69.2 Å². The van der Waals surface area contributed by atoms with Crippen LogP contribution in [0.4, 0.5) is 5.95 Å². The van der Waals surface area contributed by atoms with Crippen LogP contribution in [-0.4, -0.2) is 34.7 Å². The van der Waals surface area contributed by atoms with Crippen LogP contribution >= 0.6 is 0 Å². The number of nitrogens with one attached hydrogen (secondary N) is 1. The lowest BCUT2D eigenvalue weighted by atomic mass is 10.3. The van der Waals surface area contributed by atoms with Gasteiger partial charge in [0, 0.05) is 6.54 Å². The third kappa shape index (κ3) is 4.99. The Balaban J connectivity index is 2.65. The number of aromatic nitrogens is 3. The minimum Gasteiger partial charge on any atom is -0.464 e. The first kappa shape index (κ1) is 14.2. The first-order valence-corrected chi connectivity index (χ1v) is 6.16. The molecule has 0 atom stereocenters. The number of rotatable bonds is 9. The van der Waals surface area contributed by atoms with E-state index in [2.05, 4.69) is 26.8 Å². The molecule has 0 spiro atoms. The highest BCUT2D eigenvalue weighted by Crippen LogP contribution is 2.13. The van der Waals surface area contributed by atoms with Gasteiger partial charge in [0.15, 0.2) is 0 Å². The van der Waals surface area contributed by atoms with Gasteiger partial charge in [-0.3, -0.25) is 0 Å². The van der Waals surface area contributed by atoms with Crippen molar-refractivity contribution in [1.29, 1.82) is 0 Å². The van der Waals surface area contributed by atoms with Crippen LogP contribution in [0.3, 0.4) is 0 Å². The predicted octanol–water partition coefficient (Wildman–Crippen LogP) is 2.05. The standard InChI is InChI=1S/C12H20N4O2/c1-4-7-8-9-18-12-15-10(13-5-2)14-11(16-12)17-6-3/h4H,1,5-9H2,2-3H3,(H,13,14,15,16). The van der Waals surface area contributed by atoms with Gasteiger partial charge in [-0.25, -0.2) is 0 Å².